The van der Waals surface area contributed by atoms with E-state index < -0.39 is 0 Å². The highest BCUT2D eigenvalue weighted by molar-refractivity contribution is 5.95. The maximum absolute atomic E-state index is 5.43. The van der Waals surface area contributed by atoms with Crippen LogP contribution in [0.5, 0.6) is 5.75 Å². The number of hydrogen-bond acceptors (Lipinski definition) is 4. The third-order valence-electron chi connectivity index (χ3n) is 3.48. The van der Waals surface area contributed by atoms with Crippen molar-refractivity contribution in [1.82, 2.24) is 4.98 Å². The lowest BCUT2D eigenvalue weighted by Crippen LogP contribution is -2.36. The average molecular weight is 258 g/mol. The third kappa shape index (κ3) is 2.24. The first-order valence-corrected chi connectivity index (χ1v) is 6.56. The van der Waals surface area contributed by atoms with Gasteiger partial charge in [-0.05, 0) is 19.1 Å². The largest absolute Gasteiger partial charge is 0.494 e. The summed E-state index contributed by atoms with van der Waals surface area (Å²) in [5.41, 5.74) is 3.18. The number of fused-ring (bicyclic) bond motifs is 1. The van der Waals surface area contributed by atoms with Crippen LogP contribution in [-0.2, 0) is 4.74 Å². The molecule has 2 aromatic rings. The highest BCUT2D eigenvalue weighted by Gasteiger charge is 2.16. The van der Waals surface area contributed by atoms with Crippen molar-refractivity contribution in [1.29, 1.82) is 0 Å². The van der Waals surface area contributed by atoms with Crippen molar-refractivity contribution in [3.63, 3.8) is 0 Å². The zero-order chi connectivity index (χ0) is 13.2. The first-order chi connectivity index (χ1) is 9.29. The number of rotatable bonds is 2. The minimum Gasteiger partial charge on any atom is -0.494 e. The molecule has 1 aliphatic rings. The molecule has 0 atom stereocenters. The van der Waals surface area contributed by atoms with Crippen LogP contribution < -0.4 is 9.64 Å². The number of aromatic nitrogens is 1. The zero-order valence-electron chi connectivity index (χ0n) is 11.3. The lowest BCUT2D eigenvalue weighted by atomic mass is 10.1. The summed E-state index contributed by atoms with van der Waals surface area (Å²) in [6.45, 7) is 5.45. The molecule has 2 heterocycles. The molecule has 1 aromatic carbocycles. The number of aryl methyl sites for hydroxylation is 1. The second kappa shape index (κ2) is 5.05. The zero-order valence-corrected chi connectivity index (χ0v) is 11.3. The summed E-state index contributed by atoms with van der Waals surface area (Å²) in [4.78, 5) is 6.98. The summed E-state index contributed by atoms with van der Waals surface area (Å²) in [6.07, 6.45) is 0. The van der Waals surface area contributed by atoms with Crippen LogP contribution in [0.15, 0.2) is 24.3 Å². The molecule has 0 spiro atoms. The van der Waals surface area contributed by atoms with E-state index in [1.54, 1.807) is 7.11 Å². The van der Waals surface area contributed by atoms with E-state index in [-0.39, 0.29) is 0 Å². The van der Waals surface area contributed by atoms with Crippen LogP contribution >= 0.6 is 0 Å². The first kappa shape index (κ1) is 12.2. The Morgan fingerprint density at radius 3 is 2.79 bits per heavy atom. The van der Waals surface area contributed by atoms with Gasteiger partial charge in [0.25, 0.3) is 0 Å². The smallest absolute Gasteiger partial charge is 0.145 e. The number of ether oxygens (including phenoxy) is 2. The predicted octanol–water partition coefficient (Wildman–Crippen LogP) is 2.39. The Hall–Kier alpha value is -1.81. The van der Waals surface area contributed by atoms with E-state index in [0.29, 0.717) is 0 Å². The van der Waals surface area contributed by atoms with Gasteiger partial charge in [0.2, 0.25) is 0 Å². The van der Waals surface area contributed by atoms with Gasteiger partial charge in [-0.3, -0.25) is 0 Å². The normalized spacial score (nSPS) is 15.8. The Kier molecular flexibility index (Phi) is 3.25. The fraction of sp³-hybridized carbons (Fsp3) is 0.400. The Morgan fingerprint density at radius 1 is 1.26 bits per heavy atom. The standard InChI is InChI=1S/C15H18N2O2/c1-11-10-13(17-6-8-19-9-7-17)12-4-3-5-14(18-2)15(12)16-11/h3-5,10H,6-9H2,1-2H3. The fourth-order valence-electron chi connectivity index (χ4n) is 2.56. The van der Waals surface area contributed by atoms with E-state index in [0.717, 1.165) is 48.6 Å². The van der Waals surface area contributed by atoms with Gasteiger partial charge in [0, 0.05) is 29.9 Å². The predicted molar refractivity (Wildman–Crippen MR) is 76.1 cm³/mol. The first-order valence-electron chi connectivity index (χ1n) is 6.56. The second-order valence-electron chi connectivity index (χ2n) is 4.74. The number of anilines is 1. The Balaban J connectivity index is 2.17. The lowest BCUT2D eigenvalue weighted by molar-refractivity contribution is 0.123. The SMILES string of the molecule is COc1cccc2c(N3CCOCC3)cc(C)nc12. The van der Waals surface area contributed by atoms with Crippen molar-refractivity contribution < 1.29 is 9.47 Å². The second-order valence-corrected chi connectivity index (χ2v) is 4.74. The topological polar surface area (TPSA) is 34.6 Å². The Bertz CT molecular complexity index is 592. The number of morpholine rings is 1. The molecule has 1 aromatic heterocycles. The summed E-state index contributed by atoms with van der Waals surface area (Å²) in [5, 5.41) is 1.15. The number of para-hydroxylation sites is 1. The van der Waals surface area contributed by atoms with E-state index in [1.165, 1.54) is 5.69 Å². The molecule has 4 heteroatoms. The monoisotopic (exact) mass is 258 g/mol. The van der Waals surface area contributed by atoms with Crippen LogP contribution in [0.25, 0.3) is 10.9 Å². The molecule has 0 N–H and O–H groups in total. The molecule has 1 fully saturated rings. The Morgan fingerprint density at radius 2 is 2.05 bits per heavy atom. The molecule has 0 unspecified atom stereocenters. The maximum Gasteiger partial charge on any atom is 0.145 e. The number of methoxy groups -OCH3 is 1. The van der Waals surface area contributed by atoms with Gasteiger partial charge in [-0.15, -0.1) is 0 Å². The van der Waals surface area contributed by atoms with Gasteiger partial charge in [-0.25, -0.2) is 4.98 Å². The van der Waals surface area contributed by atoms with Gasteiger partial charge in [0.15, 0.2) is 0 Å². The molecule has 1 aliphatic heterocycles. The summed E-state index contributed by atoms with van der Waals surface area (Å²) in [7, 11) is 1.69. The van der Waals surface area contributed by atoms with Crippen molar-refractivity contribution >= 4 is 16.6 Å². The molecule has 0 bridgehead atoms. The lowest BCUT2D eigenvalue weighted by Gasteiger charge is -2.30. The van der Waals surface area contributed by atoms with Gasteiger partial charge in [0.1, 0.15) is 11.3 Å². The number of hydrogen-bond donors (Lipinski definition) is 0. The van der Waals surface area contributed by atoms with E-state index in [9.17, 15) is 0 Å². The van der Waals surface area contributed by atoms with Gasteiger partial charge in [-0.1, -0.05) is 12.1 Å². The van der Waals surface area contributed by atoms with Crippen LogP contribution in [0.1, 0.15) is 5.69 Å². The molecule has 1 saturated heterocycles. The highest BCUT2D eigenvalue weighted by Crippen LogP contribution is 2.32. The molecule has 100 valence electrons. The molecule has 3 rings (SSSR count). The maximum atomic E-state index is 5.43. The van der Waals surface area contributed by atoms with Crippen LogP contribution in [0.4, 0.5) is 5.69 Å². The molecule has 0 aliphatic carbocycles. The van der Waals surface area contributed by atoms with E-state index in [4.69, 9.17) is 9.47 Å². The summed E-state index contributed by atoms with van der Waals surface area (Å²) in [5.74, 6) is 0.829. The molecule has 4 nitrogen and oxygen atoms in total. The average Bonchev–Trinajstić information content (AvgIpc) is 2.46. The van der Waals surface area contributed by atoms with E-state index in [2.05, 4.69) is 22.0 Å². The van der Waals surface area contributed by atoms with Crippen molar-refractivity contribution in [3.05, 3.63) is 30.0 Å². The third-order valence-corrected chi connectivity index (χ3v) is 3.48. The van der Waals surface area contributed by atoms with Crippen molar-refractivity contribution in [2.24, 2.45) is 0 Å². The number of benzene rings is 1. The molecular formula is C15H18N2O2. The molecule has 0 amide bonds. The van der Waals surface area contributed by atoms with E-state index in [1.807, 2.05) is 19.1 Å². The van der Waals surface area contributed by atoms with Gasteiger partial charge >= 0.3 is 0 Å². The van der Waals surface area contributed by atoms with Crippen molar-refractivity contribution in [3.8, 4) is 5.75 Å². The van der Waals surface area contributed by atoms with E-state index >= 15 is 0 Å². The van der Waals surface area contributed by atoms with Crippen molar-refractivity contribution in [2.75, 3.05) is 38.3 Å². The fourth-order valence-corrected chi connectivity index (χ4v) is 2.56. The van der Waals surface area contributed by atoms with Gasteiger partial charge in [-0.2, -0.15) is 0 Å². The molecule has 0 saturated carbocycles. The minimum atomic E-state index is 0.785. The van der Waals surface area contributed by atoms with Crippen molar-refractivity contribution in [2.45, 2.75) is 6.92 Å². The van der Waals surface area contributed by atoms with Crippen LogP contribution in [0.3, 0.4) is 0 Å². The summed E-state index contributed by atoms with van der Waals surface area (Å²) >= 11 is 0. The molecular weight excluding hydrogens is 240 g/mol. The molecule has 19 heavy (non-hydrogen) atoms. The molecule has 0 radical (unpaired) electrons. The van der Waals surface area contributed by atoms with Gasteiger partial charge in [0.05, 0.1) is 20.3 Å². The van der Waals surface area contributed by atoms with Gasteiger partial charge < -0.3 is 14.4 Å². The summed E-state index contributed by atoms with van der Waals surface area (Å²) < 4.78 is 10.8. The number of nitrogens with zero attached hydrogens (tertiary/aromatic N) is 2. The number of pyridine rings is 1. The quantitative estimate of drug-likeness (QED) is 0.828. The van der Waals surface area contributed by atoms with Crippen LogP contribution in [0.2, 0.25) is 0 Å². The Labute approximate surface area is 113 Å². The summed E-state index contributed by atoms with van der Waals surface area (Å²) in [6, 6.07) is 8.22. The van der Waals surface area contributed by atoms with Crippen LogP contribution in [-0.4, -0.2) is 38.4 Å². The van der Waals surface area contributed by atoms with Crippen LogP contribution in [0, 0.1) is 6.92 Å². The highest BCUT2D eigenvalue weighted by atomic mass is 16.5. The minimum absolute atomic E-state index is 0.785.